The first-order valence-corrected chi connectivity index (χ1v) is 9.58. The molecule has 1 saturated heterocycles. The zero-order chi connectivity index (χ0) is 16.8. The van der Waals surface area contributed by atoms with Gasteiger partial charge in [0.2, 0.25) is 10.0 Å². The number of piperidine rings is 1. The molecule has 2 rings (SSSR count). The van der Waals surface area contributed by atoms with Crippen LogP contribution in [0.4, 0.5) is 0 Å². The summed E-state index contributed by atoms with van der Waals surface area (Å²) in [4.78, 5) is 0.536. The summed E-state index contributed by atoms with van der Waals surface area (Å²) in [6.07, 6.45) is 1.11. The summed E-state index contributed by atoms with van der Waals surface area (Å²) in [6.45, 7) is 15.6. The Balaban J connectivity index is 2.60. The van der Waals surface area contributed by atoms with Gasteiger partial charge in [-0.3, -0.25) is 0 Å². The summed E-state index contributed by atoms with van der Waals surface area (Å²) in [7, 11) is -3.42. The highest BCUT2D eigenvalue weighted by molar-refractivity contribution is 7.89. The Hall–Kier alpha value is -0.870. The molecule has 0 N–H and O–H groups in total. The lowest BCUT2D eigenvalue weighted by atomic mass is 9.93. The molecule has 0 aromatic heterocycles. The second-order valence-electron chi connectivity index (χ2n) is 7.22. The van der Waals surface area contributed by atoms with Crippen LogP contribution in [0.5, 0.6) is 0 Å². The van der Waals surface area contributed by atoms with Gasteiger partial charge in [0, 0.05) is 13.1 Å². The molecule has 1 aliphatic heterocycles. The molecule has 124 valence electrons. The molecule has 1 aliphatic rings. The molecular formula is C18H29NO2S. The van der Waals surface area contributed by atoms with Gasteiger partial charge in [0.05, 0.1) is 4.90 Å². The number of sulfonamides is 1. The number of benzene rings is 1. The van der Waals surface area contributed by atoms with Gasteiger partial charge in [-0.25, -0.2) is 8.42 Å². The summed E-state index contributed by atoms with van der Waals surface area (Å²) < 4.78 is 28.2. The molecule has 0 unspecified atom stereocenters. The third-order valence-electron chi connectivity index (χ3n) is 5.36. The van der Waals surface area contributed by atoms with Crippen molar-refractivity contribution in [3.8, 4) is 0 Å². The smallest absolute Gasteiger partial charge is 0.207 e. The molecule has 3 nitrogen and oxygen atoms in total. The topological polar surface area (TPSA) is 37.4 Å². The van der Waals surface area contributed by atoms with Crippen LogP contribution in [-0.4, -0.2) is 25.8 Å². The van der Waals surface area contributed by atoms with Gasteiger partial charge in [0.25, 0.3) is 0 Å². The monoisotopic (exact) mass is 323 g/mol. The van der Waals surface area contributed by atoms with Crippen molar-refractivity contribution in [2.75, 3.05) is 13.1 Å². The molecule has 2 atom stereocenters. The van der Waals surface area contributed by atoms with E-state index in [1.54, 1.807) is 4.31 Å². The van der Waals surface area contributed by atoms with Gasteiger partial charge in [-0.15, -0.1) is 0 Å². The molecule has 0 amide bonds. The molecule has 1 aromatic rings. The van der Waals surface area contributed by atoms with Gasteiger partial charge in [-0.05, 0) is 80.7 Å². The van der Waals surface area contributed by atoms with E-state index in [4.69, 9.17) is 0 Å². The van der Waals surface area contributed by atoms with Crippen molar-refractivity contribution in [3.63, 3.8) is 0 Å². The average Bonchev–Trinajstić information content (AvgIpc) is 2.42. The SMILES string of the molecule is Cc1c(C)c(C)c(S(=O)(=O)N2C[C@H](C)C[C@H](C)C2)c(C)c1C. The van der Waals surface area contributed by atoms with Crippen molar-refractivity contribution in [3.05, 3.63) is 27.8 Å². The van der Waals surface area contributed by atoms with Crippen LogP contribution in [0.25, 0.3) is 0 Å². The number of rotatable bonds is 2. The van der Waals surface area contributed by atoms with Crippen LogP contribution in [-0.2, 0) is 10.0 Å². The van der Waals surface area contributed by atoms with Gasteiger partial charge in [-0.2, -0.15) is 4.31 Å². The van der Waals surface area contributed by atoms with E-state index in [0.29, 0.717) is 29.8 Å². The first-order valence-electron chi connectivity index (χ1n) is 8.14. The lowest BCUT2D eigenvalue weighted by Crippen LogP contribution is -2.43. The van der Waals surface area contributed by atoms with E-state index in [9.17, 15) is 8.42 Å². The molecule has 1 heterocycles. The highest BCUT2D eigenvalue weighted by Gasteiger charge is 2.34. The van der Waals surface area contributed by atoms with E-state index in [1.807, 2.05) is 27.7 Å². The number of hydrogen-bond donors (Lipinski definition) is 0. The summed E-state index contributed by atoms with van der Waals surface area (Å²) >= 11 is 0. The molecule has 0 saturated carbocycles. The molecule has 0 bridgehead atoms. The minimum atomic E-state index is -3.42. The standard InChI is InChI=1S/C18H29NO2S/c1-11-8-12(2)10-19(9-11)22(20,21)18-16(6)14(4)13(3)15(5)17(18)7/h11-12H,8-10H2,1-7H3/t11-,12+. The summed E-state index contributed by atoms with van der Waals surface area (Å²) in [5.74, 6) is 0.846. The van der Waals surface area contributed by atoms with Gasteiger partial charge >= 0.3 is 0 Å². The molecule has 22 heavy (non-hydrogen) atoms. The van der Waals surface area contributed by atoms with E-state index in [0.717, 1.165) is 28.7 Å². The van der Waals surface area contributed by atoms with Crippen molar-refractivity contribution in [1.29, 1.82) is 0 Å². The fourth-order valence-electron chi connectivity index (χ4n) is 3.78. The van der Waals surface area contributed by atoms with Crippen LogP contribution in [0.15, 0.2) is 4.90 Å². The third-order valence-corrected chi connectivity index (χ3v) is 7.47. The quantitative estimate of drug-likeness (QED) is 0.828. The first-order chi connectivity index (χ1) is 10.1. The molecule has 1 aromatic carbocycles. The first kappa shape index (κ1) is 17.5. The molecule has 0 spiro atoms. The van der Waals surface area contributed by atoms with Crippen LogP contribution >= 0.6 is 0 Å². The van der Waals surface area contributed by atoms with Gasteiger partial charge in [0.1, 0.15) is 0 Å². The second-order valence-corrected chi connectivity index (χ2v) is 9.10. The maximum Gasteiger partial charge on any atom is 0.243 e. The maximum absolute atomic E-state index is 13.3. The Morgan fingerprint density at radius 2 is 1.14 bits per heavy atom. The summed E-state index contributed by atoms with van der Waals surface area (Å²) in [5, 5.41) is 0. The minimum Gasteiger partial charge on any atom is -0.207 e. The Morgan fingerprint density at radius 3 is 1.55 bits per heavy atom. The normalized spacial score (nSPS) is 23.8. The number of nitrogens with zero attached hydrogens (tertiary/aromatic N) is 1. The summed E-state index contributed by atoms with van der Waals surface area (Å²) in [6, 6.07) is 0. The van der Waals surface area contributed by atoms with Crippen LogP contribution in [0.3, 0.4) is 0 Å². The van der Waals surface area contributed by atoms with Crippen molar-refractivity contribution < 1.29 is 8.42 Å². The van der Waals surface area contributed by atoms with Gasteiger partial charge in [-0.1, -0.05) is 13.8 Å². The third kappa shape index (κ3) is 2.83. The Morgan fingerprint density at radius 1 is 0.773 bits per heavy atom. The van der Waals surface area contributed by atoms with E-state index in [1.165, 1.54) is 5.56 Å². The highest BCUT2D eigenvalue weighted by atomic mass is 32.2. The minimum absolute atomic E-state index is 0.423. The highest BCUT2D eigenvalue weighted by Crippen LogP contribution is 2.34. The Labute approximate surface area is 135 Å². The predicted molar refractivity (Wildman–Crippen MR) is 91.8 cm³/mol. The lowest BCUT2D eigenvalue weighted by molar-refractivity contribution is 0.222. The van der Waals surface area contributed by atoms with Crippen molar-refractivity contribution >= 4 is 10.0 Å². The van der Waals surface area contributed by atoms with Crippen molar-refractivity contribution in [2.45, 2.75) is 59.8 Å². The van der Waals surface area contributed by atoms with E-state index in [2.05, 4.69) is 20.8 Å². The zero-order valence-electron chi connectivity index (χ0n) is 14.9. The lowest BCUT2D eigenvalue weighted by Gasteiger charge is -2.35. The van der Waals surface area contributed by atoms with Gasteiger partial charge < -0.3 is 0 Å². The van der Waals surface area contributed by atoms with Crippen molar-refractivity contribution in [2.24, 2.45) is 11.8 Å². The molecule has 4 heteroatoms. The molecule has 0 radical (unpaired) electrons. The van der Waals surface area contributed by atoms with Crippen LogP contribution in [0.1, 0.15) is 48.1 Å². The molecule has 1 fully saturated rings. The summed E-state index contributed by atoms with van der Waals surface area (Å²) in [5.41, 5.74) is 5.21. The van der Waals surface area contributed by atoms with Gasteiger partial charge in [0.15, 0.2) is 0 Å². The average molecular weight is 324 g/mol. The fourth-order valence-corrected chi connectivity index (χ4v) is 6.02. The largest absolute Gasteiger partial charge is 0.243 e. The van der Waals surface area contributed by atoms with Crippen LogP contribution < -0.4 is 0 Å². The van der Waals surface area contributed by atoms with Crippen LogP contribution in [0, 0.1) is 46.5 Å². The number of hydrogen-bond acceptors (Lipinski definition) is 2. The molecule has 0 aliphatic carbocycles. The Bertz CT molecular complexity index is 653. The van der Waals surface area contributed by atoms with E-state index < -0.39 is 10.0 Å². The predicted octanol–water partition coefficient (Wildman–Crippen LogP) is 3.90. The van der Waals surface area contributed by atoms with E-state index in [-0.39, 0.29) is 0 Å². The molecular weight excluding hydrogens is 294 g/mol. The van der Waals surface area contributed by atoms with E-state index >= 15 is 0 Å². The fraction of sp³-hybridized carbons (Fsp3) is 0.667. The van der Waals surface area contributed by atoms with Crippen molar-refractivity contribution in [1.82, 2.24) is 4.31 Å². The second kappa shape index (κ2) is 5.97. The maximum atomic E-state index is 13.3. The zero-order valence-corrected chi connectivity index (χ0v) is 15.8. The Kier molecular flexibility index (Phi) is 4.74. The van der Waals surface area contributed by atoms with Crippen LogP contribution in [0.2, 0.25) is 0 Å².